The summed E-state index contributed by atoms with van der Waals surface area (Å²) in [4.78, 5) is 5.48. The molecule has 3 rings (SSSR count). The third-order valence-electron chi connectivity index (χ3n) is 4.22. The summed E-state index contributed by atoms with van der Waals surface area (Å²) in [5, 5.41) is 23.7. The van der Waals surface area contributed by atoms with Crippen LogP contribution in [-0.2, 0) is 11.4 Å². The second-order valence-corrected chi connectivity index (χ2v) is 5.95. The molecule has 120 valence electrons. The van der Waals surface area contributed by atoms with E-state index in [0.717, 1.165) is 42.5 Å². The largest absolute Gasteiger partial charge is 0.508 e. The maximum absolute atomic E-state index is 10.0. The summed E-state index contributed by atoms with van der Waals surface area (Å²) < 4.78 is 0. The molecule has 1 aliphatic carbocycles. The van der Waals surface area contributed by atoms with Gasteiger partial charge >= 0.3 is 0 Å². The van der Waals surface area contributed by atoms with Gasteiger partial charge in [0.15, 0.2) is 0 Å². The van der Waals surface area contributed by atoms with E-state index in [4.69, 9.17) is 4.84 Å². The van der Waals surface area contributed by atoms with Gasteiger partial charge in [0, 0.05) is 6.07 Å². The fraction of sp³-hybridized carbons (Fsp3) is 0.316. The van der Waals surface area contributed by atoms with E-state index in [-0.39, 0.29) is 17.4 Å². The van der Waals surface area contributed by atoms with Gasteiger partial charge in [-0.1, -0.05) is 41.6 Å². The Balaban J connectivity index is 1.62. The first kappa shape index (κ1) is 15.4. The number of nitrogens with zero attached hydrogens (tertiary/aromatic N) is 1. The number of phenols is 2. The first-order valence-corrected chi connectivity index (χ1v) is 7.96. The highest BCUT2D eigenvalue weighted by molar-refractivity contribution is 5.85. The van der Waals surface area contributed by atoms with Gasteiger partial charge in [0.1, 0.15) is 18.1 Å². The lowest BCUT2D eigenvalue weighted by Gasteiger charge is -2.24. The minimum Gasteiger partial charge on any atom is -0.508 e. The molecule has 0 amide bonds. The monoisotopic (exact) mass is 311 g/mol. The molecule has 4 heteroatoms. The fourth-order valence-corrected chi connectivity index (χ4v) is 3.04. The second-order valence-electron chi connectivity index (χ2n) is 5.95. The smallest absolute Gasteiger partial charge is 0.142 e. The highest BCUT2D eigenvalue weighted by atomic mass is 16.6. The topological polar surface area (TPSA) is 62.1 Å². The molecule has 0 aliphatic heterocycles. The Kier molecular flexibility index (Phi) is 4.81. The van der Waals surface area contributed by atoms with Gasteiger partial charge < -0.3 is 15.1 Å². The molecule has 0 spiro atoms. The fourth-order valence-electron chi connectivity index (χ4n) is 3.04. The summed E-state index contributed by atoms with van der Waals surface area (Å²) in [6, 6.07) is 14.8. The van der Waals surface area contributed by atoms with Gasteiger partial charge in [0.2, 0.25) is 0 Å². The Morgan fingerprint density at radius 2 is 1.91 bits per heavy atom. The average molecular weight is 311 g/mol. The van der Waals surface area contributed by atoms with Gasteiger partial charge in [-0.05, 0) is 48.8 Å². The van der Waals surface area contributed by atoms with Crippen molar-refractivity contribution in [1.29, 1.82) is 0 Å². The molecule has 2 aromatic carbocycles. The molecule has 0 radical (unpaired) electrons. The van der Waals surface area contributed by atoms with E-state index >= 15 is 0 Å². The Hall–Kier alpha value is -2.49. The summed E-state index contributed by atoms with van der Waals surface area (Å²) in [5.41, 5.74) is 3.00. The van der Waals surface area contributed by atoms with E-state index in [1.165, 1.54) is 6.07 Å². The van der Waals surface area contributed by atoms with Gasteiger partial charge in [-0.15, -0.1) is 0 Å². The van der Waals surface area contributed by atoms with Crippen LogP contribution in [0.4, 0.5) is 0 Å². The standard InChI is InChI=1S/C19H21NO3/c21-17-9-10-18(19(22)12-17)15-7-4-8-16(11-15)20-23-13-14-5-2-1-3-6-14/h1-3,5-6,9-10,12,15,21-22H,4,7-8,11,13H2/b20-16-. The van der Waals surface area contributed by atoms with Gasteiger partial charge in [0.25, 0.3) is 0 Å². The average Bonchev–Trinajstić information content (AvgIpc) is 2.56. The summed E-state index contributed by atoms with van der Waals surface area (Å²) in [5.74, 6) is 0.465. The molecule has 1 fully saturated rings. The predicted molar refractivity (Wildman–Crippen MR) is 89.6 cm³/mol. The number of oxime groups is 1. The second kappa shape index (κ2) is 7.18. The molecule has 0 saturated heterocycles. The molecule has 4 nitrogen and oxygen atoms in total. The van der Waals surface area contributed by atoms with E-state index in [1.54, 1.807) is 12.1 Å². The number of phenolic OH excluding ortho intramolecular Hbond substituents is 2. The zero-order valence-corrected chi connectivity index (χ0v) is 13.0. The Morgan fingerprint density at radius 1 is 1.09 bits per heavy atom. The van der Waals surface area contributed by atoms with E-state index in [0.29, 0.717) is 6.61 Å². The number of hydrogen-bond acceptors (Lipinski definition) is 4. The van der Waals surface area contributed by atoms with Gasteiger partial charge in [-0.25, -0.2) is 0 Å². The molecule has 1 atom stereocenters. The van der Waals surface area contributed by atoms with Crippen LogP contribution in [0.2, 0.25) is 0 Å². The molecule has 0 heterocycles. The van der Waals surface area contributed by atoms with Crippen LogP contribution < -0.4 is 0 Å². The quantitative estimate of drug-likeness (QED) is 0.826. The summed E-state index contributed by atoms with van der Waals surface area (Å²) >= 11 is 0. The van der Waals surface area contributed by atoms with E-state index in [9.17, 15) is 10.2 Å². The lowest BCUT2D eigenvalue weighted by Crippen LogP contribution is -2.14. The number of aromatic hydroxyl groups is 2. The van der Waals surface area contributed by atoms with Crippen LogP contribution in [0.1, 0.15) is 42.7 Å². The van der Waals surface area contributed by atoms with Crippen LogP contribution in [0, 0.1) is 0 Å². The summed E-state index contributed by atoms with van der Waals surface area (Å²) in [6.45, 7) is 0.472. The highest BCUT2D eigenvalue weighted by Gasteiger charge is 2.22. The molecule has 1 unspecified atom stereocenters. The molecule has 23 heavy (non-hydrogen) atoms. The van der Waals surface area contributed by atoms with Crippen molar-refractivity contribution in [2.24, 2.45) is 5.16 Å². The molecule has 2 N–H and O–H groups in total. The Bertz CT molecular complexity index is 682. The van der Waals surface area contributed by atoms with Crippen molar-refractivity contribution >= 4 is 5.71 Å². The molecule has 2 aromatic rings. The third kappa shape index (κ3) is 4.03. The molecule has 1 saturated carbocycles. The third-order valence-corrected chi connectivity index (χ3v) is 4.22. The first-order chi connectivity index (χ1) is 11.2. The van der Waals surface area contributed by atoms with Crippen LogP contribution in [0.5, 0.6) is 11.5 Å². The van der Waals surface area contributed by atoms with Crippen LogP contribution in [0.15, 0.2) is 53.7 Å². The van der Waals surface area contributed by atoms with Crippen molar-refractivity contribution in [3.63, 3.8) is 0 Å². The van der Waals surface area contributed by atoms with Crippen LogP contribution >= 0.6 is 0 Å². The molecule has 0 bridgehead atoms. The van der Waals surface area contributed by atoms with Gasteiger partial charge in [-0.2, -0.15) is 0 Å². The van der Waals surface area contributed by atoms with Crippen LogP contribution in [0.25, 0.3) is 0 Å². The number of rotatable bonds is 4. The Morgan fingerprint density at radius 3 is 2.70 bits per heavy atom. The first-order valence-electron chi connectivity index (χ1n) is 7.96. The minimum atomic E-state index is 0.0853. The number of benzene rings is 2. The molecular formula is C19H21NO3. The lowest BCUT2D eigenvalue weighted by molar-refractivity contribution is 0.128. The van der Waals surface area contributed by atoms with Crippen molar-refractivity contribution in [3.05, 3.63) is 59.7 Å². The molecule has 0 aromatic heterocycles. The zero-order chi connectivity index (χ0) is 16.1. The van der Waals surface area contributed by atoms with Crippen molar-refractivity contribution in [2.45, 2.75) is 38.2 Å². The highest BCUT2D eigenvalue weighted by Crippen LogP contribution is 2.37. The summed E-state index contributed by atoms with van der Waals surface area (Å²) in [6.07, 6.45) is 3.76. The maximum atomic E-state index is 10.0. The normalized spacial score (nSPS) is 19.7. The van der Waals surface area contributed by atoms with Gasteiger partial charge in [0.05, 0.1) is 5.71 Å². The lowest BCUT2D eigenvalue weighted by atomic mass is 9.82. The van der Waals surface area contributed by atoms with Crippen molar-refractivity contribution in [1.82, 2.24) is 0 Å². The summed E-state index contributed by atoms with van der Waals surface area (Å²) in [7, 11) is 0. The van der Waals surface area contributed by atoms with E-state index in [2.05, 4.69) is 5.16 Å². The van der Waals surface area contributed by atoms with Crippen molar-refractivity contribution in [3.8, 4) is 11.5 Å². The van der Waals surface area contributed by atoms with E-state index < -0.39 is 0 Å². The SMILES string of the molecule is Oc1ccc(C2CCC/C(=N/OCc3ccccc3)C2)c(O)c1. The number of hydrogen-bond donors (Lipinski definition) is 2. The maximum Gasteiger partial charge on any atom is 0.142 e. The minimum absolute atomic E-state index is 0.0853. The van der Waals surface area contributed by atoms with Gasteiger partial charge in [-0.3, -0.25) is 0 Å². The molecule has 1 aliphatic rings. The zero-order valence-electron chi connectivity index (χ0n) is 13.0. The van der Waals surface area contributed by atoms with Crippen LogP contribution in [-0.4, -0.2) is 15.9 Å². The predicted octanol–water partition coefficient (Wildman–Crippen LogP) is 4.33. The van der Waals surface area contributed by atoms with E-state index in [1.807, 2.05) is 30.3 Å². The molecular weight excluding hydrogens is 290 g/mol. The Labute approximate surface area is 136 Å². The van der Waals surface area contributed by atoms with Crippen LogP contribution in [0.3, 0.4) is 0 Å². The van der Waals surface area contributed by atoms with Crippen molar-refractivity contribution < 1.29 is 15.1 Å². The van der Waals surface area contributed by atoms with Crippen molar-refractivity contribution in [2.75, 3.05) is 0 Å².